The molecule has 1 N–H and O–H groups in total. The highest BCUT2D eigenvalue weighted by molar-refractivity contribution is 7.14. The Labute approximate surface area is 160 Å². The van der Waals surface area contributed by atoms with Gasteiger partial charge >= 0.3 is 5.97 Å². The number of aryl methyl sites for hydroxylation is 2. The van der Waals surface area contributed by atoms with Crippen LogP contribution in [0.25, 0.3) is 11.3 Å². The van der Waals surface area contributed by atoms with Gasteiger partial charge in [0.1, 0.15) is 0 Å². The molecule has 0 unspecified atom stereocenters. The molecular formula is C19H18N4O3S. The normalized spacial score (nSPS) is 10.4. The number of nitrogens with zero attached hydrogens (tertiary/aromatic N) is 3. The van der Waals surface area contributed by atoms with Crippen molar-refractivity contribution < 1.29 is 14.3 Å². The molecule has 1 amide bonds. The van der Waals surface area contributed by atoms with Gasteiger partial charge in [0, 0.05) is 17.1 Å². The Bertz CT molecular complexity index is 936. The number of carbonyl (C=O) groups excluding carboxylic acids is 2. The fourth-order valence-corrected chi connectivity index (χ4v) is 2.97. The molecule has 0 aliphatic carbocycles. The molecule has 0 fully saturated rings. The van der Waals surface area contributed by atoms with Gasteiger partial charge in [0.2, 0.25) is 0 Å². The first kappa shape index (κ1) is 18.7. The van der Waals surface area contributed by atoms with Gasteiger partial charge in [-0.15, -0.1) is 11.3 Å². The van der Waals surface area contributed by atoms with Crippen LogP contribution in [0, 0.1) is 6.92 Å². The van der Waals surface area contributed by atoms with Crippen molar-refractivity contribution in [1.82, 2.24) is 15.0 Å². The molecule has 2 heterocycles. The lowest BCUT2D eigenvalue weighted by Crippen LogP contribution is -2.21. The van der Waals surface area contributed by atoms with Crippen LogP contribution in [0.3, 0.4) is 0 Å². The first-order valence-corrected chi connectivity index (χ1v) is 9.23. The van der Waals surface area contributed by atoms with E-state index in [1.165, 1.54) is 29.3 Å². The average Bonchev–Trinajstić information content (AvgIpc) is 3.15. The van der Waals surface area contributed by atoms with E-state index in [2.05, 4.69) is 39.3 Å². The molecule has 27 heavy (non-hydrogen) atoms. The van der Waals surface area contributed by atoms with E-state index in [1.54, 1.807) is 6.92 Å². The van der Waals surface area contributed by atoms with Gasteiger partial charge in [-0.1, -0.05) is 31.2 Å². The Morgan fingerprint density at radius 1 is 1.15 bits per heavy atom. The number of thiazole rings is 1. The predicted molar refractivity (Wildman–Crippen MR) is 103 cm³/mol. The molecule has 3 rings (SSSR count). The van der Waals surface area contributed by atoms with Crippen LogP contribution in [0.2, 0.25) is 0 Å². The quantitative estimate of drug-likeness (QED) is 0.658. The lowest BCUT2D eigenvalue weighted by Gasteiger charge is -2.04. The molecule has 0 saturated heterocycles. The van der Waals surface area contributed by atoms with Crippen LogP contribution >= 0.6 is 11.3 Å². The summed E-state index contributed by atoms with van der Waals surface area (Å²) in [4.78, 5) is 36.1. The van der Waals surface area contributed by atoms with E-state index in [9.17, 15) is 9.59 Å². The van der Waals surface area contributed by atoms with Gasteiger partial charge in [0.05, 0.1) is 17.6 Å². The van der Waals surface area contributed by atoms with E-state index in [-0.39, 0.29) is 5.69 Å². The second kappa shape index (κ2) is 8.50. The van der Waals surface area contributed by atoms with Crippen LogP contribution < -0.4 is 5.32 Å². The van der Waals surface area contributed by atoms with E-state index in [0.717, 1.165) is 17.7 Å². The van der Waals surface area contributed by atoms with E-state index < -0.39 is 18.5 Å². The number of rotatable bonds is 6. The van der Waals surface area contributed by atoms with Crippen molar-refractivity contribution >= 4 is 28.3 Å². The molecule has 3 aromatic rings. The molecule has 8 heteroatoms. The lowest BCUT2D eigenvalue weighted by atomic mass is 10.1. The molecule has 2 aromatic heterocycles. The Balaban J connectivity index is 1.54. The van der Waals surface area contributed by atoms with Gasteiger partial charge < -0.3 is 4.74 Å². The third-order valence-corrected chi connectivity index (χ3v) is 4.49. The number of ether oxygens (including phenoxy) is 1. The van der Waals surface area contributed by atoms with E-state index in [1.807, 2.05) is 17.5 Å². The largest absolute Gasteiger partial charge is 0.451 e. The zero-order valence-electron chi connectivity index (χ0n) is 14.9. The number of benzene rings is 1. The zero-order valence-corrected chi connectivity index (χ0v) is 15.7. The number of amides is 1. The molecular weight excluding hydrogens is 364 g/mol. The summed E-state index contributed by atoms with van der Waals surface area (Å²) in [6.07, 6.45) is 3.75. The zero-order chi connectivity index (χ0) is 19.2. The second-order valence-corrected chi connectivity index (χ2v) is 6.61. The maximum atomic E-state index is 12.0. The van der Waals surface area contributed by atoms with E-state index in [4.69, 9.17) is 4.74 Å². The van der Waals surface area contributed by atoms with Crippen molar-refractivity contribution in [2.24, 2.45) is 0 Å². The van der Waals surface area contributed by atoms with Crippen LogP contribution in [0.4, 0.5) is 5.13 Å². The van der Waals surface area contributed by atoms with Crippen molar-refractivity contribution in [2.75, 3.05) is 11.9 Å². The van der Waals surface area contributed by atoms with Gasteiger partial charge in [0.25, 0.3) is 5.91 Å². The summed E-state index contributed by atoms with van der Waals surface area (Å²) in [5.41, 5.74) is 3.76. The smallest absolute Gasteiger partial charge is 0.359 e. The first-order valence-electron chi connectivity index (χ1n) is 8.35. The summed E-state index contributed by atoms with van der Waals surface area (Å²) in [6, 6.07) is 8.12. The minimum Gasteiger partial charge on any atom is -0.451 e. The summed E-state index contributed by atoms with van der Waals surface area (Å²) in [5, 5.41) is 4.94. The monoisotopic (exact) mass is 382 g/mol. The van der Waals surface area contributed by atoms with E-state index in [0.29, 0.717) is 10.8 Å². The summed E-state index contributed by atoms with van der Waals surface area (Å²) in [6.45, 7) is 3.44. The molecule has 0 bridgehead atoms. The average molecular weight is 382 g/mol. The topological polar surface area (TPSA) is 94.1 Å². The van der Waals surface area contributed by atoms with Crippen LogP contribution in [0.15, 0.2) is 42.0 Å². The number of nitrogens with one attached hydrogen (secondary N) is 1. The SMILES string of the molecule is CCc1ccc(-c2csc(NC(=O)COC(=O)c3cnc(C)cn3)n2)cc1. The number of hydrogen-bond acceptors (Lipinski definition) is 7. The van der Waals surface area contributed by atoms with Gasteiger partial charge in [-0.3, -0.25) is 15.1 Å². The molecule has 0 aliphatic rings. The van der Waals surface area contributed by atoms with Crippen LogP contribution in [-0.4, -0.2) is 33.4 Å². The lowest BCUT2D eigenvalue weighted by molar-refractivity contribution is -0.119. The molecule has 0 atom stereocenters. The highest BCUT2D eigenvalue weighted by atomic mass is 32.1. The first-order chi connectivity index (χ1) is 13.0. The molecule has 7 nitrogen and oxygen atoms in total. The van der Waals surface area contributed by atoms with Crippen molar-refractivity contribution in [3.8, 4) is 11.3 Å². The van der Waals surface area contributed by atoms with Crippen molar-refractivity contribution in [3.05, 3.63) is 59.0 Å². The second-order valence-electron chi connectivity index (χ2n) is 5.76. The number of esters is 1. The van der Waals surface area contributed by atoms with Crippen molar-refractivity contribution in [1.29, 1.82) is 0 Å². The molecule has 0 aliphatic heterocycles. The fraction of sp³-hybridized carbons (Fsp3) is 0.211. The Morgan fingerprint density at radius 2 is 1.93 bits per heavy atom. The highest BCUT2D eigenvalue weighted by Crippen LogP contribution is 2.25. The van der Waals surface area contributed by atoms with Crippen molar-refractivity contribution in [2.45, 2.75) is 20.3 Å². The van der Waals surface area contributed by atoms with Gasteiger partial charge in [0.15, 0.2) is 17.4 Å². The Morgan fingerprint density at radius 3 is 2.59 bits per heavy atom. The van der Waals surface area contributed by atoms with Crippen LogP contribution in [0.1, 0.15) is 28.7 Å². The molecule has 0 spiro atoms. The summed E-state index contributed by atoms with van der Waals surface area (Å²) >= 11 is 1.31. The predicted octanol–water partition coefficient (Wildman–Crippen LogP) is 3.27. The number of aromatic nitrogens is 3. The van der Waals surface area contributed by atoms with Crippen LogP contribution in [0.5, 0.6) is 0 Å². The minimum absolute atomic E-state index is 0.0560. The maximum Gasteiger partial charge on any atom is 0.359 e. The Kier molecular flexibility index (Phi) is 5.87. The number of hydrogen-bond donors (Lipinski definition) is 1. The molecule has 0 radical (unpaired) electrons. The summed E-state index contributed by atoms with van der Waals surface area (Å²) < 4.78 is 4.94. The summed E-state index contributed by atoms with van der Waals surface area (Å²) in [7, 11) is 0. The molecule has 0 saturated carbocycles. The third-order valence-electron chi connectivity index (χ3n) is 3.73. The standard InChI is InChI=1S/C19H18N4O3S/c1-3-13-4-6-14(7-5-13)16-11-27-19(22-16)23-17(24)10-26-18(25)15-9-20-12(2)8-21-15/h4-9,11H,3,10H2,1-2H3,(H,22,23,24). The van der Waals surface area contributed by atoms with Crippen molar-refractivity contribution in [3.63, 3.8) is 0 Å². The molecule has 1 aromatic carbocycles. The third kappa shape index (κ3) is 4.95. The highest BCUT2D eigenvalue weighted by Gasteiger charge is 2.13. The maximum absolute atomic E-state index is 12.0. The number of anilines is 1. The molecule has 138 valence electrons. The van der Waals surface area contributed by atoms with Crippen LogP contribution in [-0.2, 0) is 16.0 Å². The Hall–Kier alpha value is -3.13. The van der Waals surface area contributed by atoms with Gasteiger partial charge in [-0.05, 0) is 18.9 Å². The van der Waals surface area contributed by atoms with Gasteiger partial charge in [-0.25, -0.2) is 14.8 Å². The fourth-order valence-electron chi connectivity index (χ4n) is 2.23. The van der Waals surface area contributed by atoms with E-state index >= 15 is 0 Å². The number of carbonyl (C=O) groups is 2. The summed E-state index contributed by atoms with van der Waals surface area (Å²) in [5.74, 6) is -1.17. The minimum atomic E-state index is -0.700. The van der Waals surface area contributed by atoms with Gasteiger partial charge in [-0.2, -0.15) is 0 Å².